The number of carbonyl (C=O) groups excluding carboxylic acids is 3. The number of carbonyl (C=O) groups is 3. The lowest BCUT2D eigenvalue weighted by Crippen LogP contribution is -2.57. The predicted molar refractivity (Wildman–Crippen MR) is 129 cm³/mol. The fraction of sp³-hybridized carbons (Fsp3) is 0.760. The van der Waals surface area contributed by atoms with E-state index in [1.54, 1.807) is 15.6 Å². The molecule has 1 spiro atoms. The van der Waals surface area contributed by atoms with Crippen LogP contribution in [0.3, 0.4) is 0 Å². The van der Waals surface area contributed by atoms with Crippen LogP contribution in [0.25, 0.3) is 0 Å². The van der Waals surface area contributed by atoms with Gasteiger partial charge in [-0.25, -0.2) is 0 Å². The number of piperidine rings is 1. The van der Waals surface area contributed by atoms with E-state index in [2.05, 4.69) is 15.7 Å². The minimum absolute atomic E-state index is 0.0271. The van der Waals surface area contributed by atoms with E-state index in [0.29, 0.717) is 51.4 Å². The minimum Gasteiger partial charge on any atom is -0.381 e. The molecule has 2 aliphatic rings. The Morgan fingerprint density at radius 3 is 2.56 bits per heavy atom. The van der Waals surface area contributed by atoms with Crippen LogP contribution in [-0.4, -0.2) is 71.3 Å². The number of nitrogens with zero attached hydrogens (tertiary/aromatic N) is 3. The van der Waals surface area contributed by atoms with Crippen molar-refractivity contribution in [3.63, 3.8) is 0 Å². The zero-order chi connectivity index (χ0) is 24.7. The van der Waals surface area contributed by atoms with Crippen LogP contribution in [0.15, 0.2) is 6.07 Å². The van der Waals surface area contributed by atoms with Crippen molar-refractivity contribution >= 4 is 17.7 Å². The normalized spacial score (nSPS) is 23.6. The van der Waals surface area contributed by atoms with E-state index in [9.17, 15) is 14.4 Å². The highest BCUT2D eigenvalue weighted by molar-refractivity contribution is 5.93. The van der Waals surface area contributed by atoms with Crippen molar-refractivity contribution in [1.82, 2.24) is 25.3 Å². The molecule has 34 heavy (non-hydrogen) atoms. The molecule has 9 nitrogen and oxygen atoms in total. The van der Waals surface area contributed by atoms with Crippen molar-refractivity contribution in [2.24, 2.45) is 18.4 Å². The molecule has 0 saturated carbocycles. The summed E-state index contributed by atoms with van der Waals surface area (Å²) in [5.41, 5.74) is 0.781. The maximum Gasteiger partial charge on any atom is 0.274 e. The summed E-state index contributed by atoms with van der Waals surface area (Å²) in [5, 5.41) is 10.4. The van der Waals surface area contributed by atoms with Crippen LogP contribution in [0, 0.1) is 18.3 Å². The third-order valence-corrected chi connectivity index (χ3v) is 7.56. The van der Waals surface area contributed by atoms with Crippen LogP contribution < -0.4 is 10.6 Å². The first kappa shape index (κ1) is 26.2. The van der Waals surface area contributed by atoms with Gasteiger partial charge in [-0.3, -0.25) is 19.1 Å². The van der Waals surface area contributed by atoms with Gasteiger partial charge in [0, 0.05) is 45.6 Å². The standard InChI is InChI=1S/C25H41N5O4/c1-5-18(2)21-22(31)26-12-8-16-34-15-7-6-9-25(24(33)27-21)10-13-30(14-11-25)23(32)20-17-19(3)29(4)28-20/h17-18,21H,5-16H2,1-4H3,(H,26,31)(H,27,33)/t18-,21-/m0/s1. The van der Waals surface area contributed by atoms with Crippen LogP contribution in [-0.2, 0) is 21.4 Å². The van der Waals surface area contributed by atoms with Gasteiger partial charge in [0.2, 0.25) is 11.8 Å². The first-order valence-corrected chi connectivity index (χ1v) is 12.7. The van der Waals surface area contributed by atoms with Crippen molar-refractivity contribution in [2.45, 2.75) is 71.8 Å². The van der Waals surface area contributed by atoms with Gasteiger partial charge in [0.15, 0.2) is 5.69 Å². The Morgan fingerprint density at radius 1 is 1.21 bits per heavy atom. The minimum atomic E-state index is -0.590. The number of hydrogen-bond acceptors (Lipinski definition) is 5. The summed E-state index contributed by atoms with van der Waals surface area (Å²) < 4.78 is 7.41. The second-order valence-corrected chi connectivity index (χ2v) is 9.92. The highest BCUT2D eigenvalue weighted by atomic mass is 16.5. The van der Waals surface area contributed by atoms with Gasteiger partial charge in [0.1, 0.15) is 6.04 Å². The Hall–Kier alpha value is -2.42. The Balaban J connectivity index is 1.75. The van der Waals surface area contributed by atoms with Crippen LogP contribution >= 0.6 is 0 Å². The Kier molecular flexibility index (Phi) is 9.10. The molecule has 190 valence electrons. The molecule has 0 aromatic carbocycles. The van der Waals surface area contributed by atoms with Crippen LogP contribution in [0.4, 0.5) is 0 Å². The molecule has 2 N–H and O–H groups in total. The average Bonchev–Trinajstić information content (AvgIpc) is 3.18. The van der Waals surface area contributed by atoms with Gasteiger partial charge < -0.3 is 20.3 Å². The molecule has 2 aliphatic heterocycles. The Bertz CT molecular complexity index is 840. The number of nitrogens with one attached hydrogen (secondary N) is 2. The van der Waals surface area contributed by atoms with Crippen molar-refractivity contribution in [2.75, 3.05) is 32.8 Å². The lowest BCUT2D eigenvalue weighted by molar-refractivity contribution is -0.139. The molecule has 3 amide bonds. The molecule has 0 bridgehead atoms. The van der Waals surface area contributed by atoms with Crippen molar-refractivity contribution < 1.29 is 19.1 Å². The highest BCUT2D eigenvalue weighted by Crippen LogP contribution is 2.38. The lowest BCUT2D eigenvalue weighted by Gasteiger charge is -2.41. The smallest absolute Gasteiger partial charge is 0.274 e. The van der Waals surface area contributed by atoms with Crippen LogP contribution in [0.2, 0.25) is 0 Å². The molecule has 1 aromatic heterocycles. The molecule has 2 fully saturated rings. The van der Waals surface area contributed by atoms with Gasteiger partial charge in [-0.05, 0) is 51.0 Å². The van der Waals surface area contributed by atoms with Gasteiger partial charge >= 0.3 is 0 Å². The third kappa shape index (κ3) is 6.17. The molecule has 0 aliphatic carbocycles. The second kappa shape index (κ2) is 11.8. The summed E-state index contributed by atoms with van der Waals surface area (Å²) in [6, 6.07) is 1.24. The lowest BCUT2D eigenvalue weighted by atomic mass is 9.73. The number of aryl methyl sites for hydroxylation is 2. The SMILES string of the molecule is CC[C@H](C)[C@@H]1NC(=O)C2(CCCCOCCCNC1=O)CCN(C(=O)c1cc(C)n(C)n1)CC2. The van der Waals surface area contributed by atoms with Crippen molar-refractivity contribution in [3.05, 3.63) is 17.5 Å². The fourth-order valence-electron chi connectivity index (χ4n) is 4.82. The summed E-state index contributed by atoms with van der Waals surface area (Å²) in [6.45, 7) is 8.76. The first-order chi connectivity index (χ1) is 16.3. The number of ether oxygens (including phenoxy) is 1. The van der Waals surface area contributed by atoms with E-state index in [1.165, 1.54) is 0 Å². The number of hydrogen-bond donors (Lipinski definition) is 2. The maximum absolute atomic E-state index is 13.7. The van der Waals surface area contributed by atoms with Gasteiger partial charge in [0.05, 0.1) is 5.41 Å². The summed E-state index contributed by atoms with van der Waals surface area (Å²) in [4.78, 5) is 41.4. The summed E-state index contributed by atoms with van der Waals surface area (Å²) in [5.74, 6) is -0.260. The van der Waals surface area contributed by atoms with Crippen LogP contribution in [0.5, 0.6) is 0 Å². The zero-order valence-corrected chi connectivity index (χ0v) is 21.2. The van der Waals surface area contributed by atoms with E-state index in [0.717, 1.165) is 37.8 Å². The molecular formula is C25H41N5O4. The second-order valence-electron chi connectivity index (χ2n) is 9.92. The van der Waals surface area contributed by atoms with E-state index in [-0.39, 0.29) is 23.6 Å². The quantitative estimate of drug-likeness (QED) is 0.697. The number of aromatic nitrogens is 2. The van der Waals surface area contributed by atoms with E-state index >= 15 is 0 Å². The Morgan fingerprint density at radius 2 is 1.91 bits per heavy atom. The zero-order valence-electron chi connectivity index (χ0n) is 21.2. The molecule has 2 atom stereocenters. The van der Waals surface area contributed by atoms with E-state index < -0.39 is 11.5 Å². The molecule has 3 heterocycles. The molecule has 3 rings (SSSR count). The maximum atomic E-state index is 13.7. The molecule has 0 radical (unpaired) electrons. The highest BCUT2D eigenvalue weighted by Gasteiger charge is 2.43. The van der Waals surface area contributed by atoms with Crippen LogP contribution in [0.1, 0.15) is 75.0 Å². The Labute approximate surface area is 203 Å². The van der Waals surface area contributed by atoms with Crippen molar-refractivity contribution in [1.29, 1.82) is 0 Å². The van der Waals surface area contributed by atoms with E-state index in [1.807, 2.05) is 27.8 Å². The molecule has 2 saturated heterocycles. The number of likely N-dealkylation sites (tertiary alicyclic amines) is 1. The fourth-order valence-corrected chi connectivity index (χ4v) is 4.82. The summed E-state index contributed by atoms with van der Waals surface area (Å²) in [6.07, 6.45) is 5.20. The molecular weight excluding hydrogens is 434 g/mol. The van der Waals surface area contributed by atoms with Crippen molar-refractivity contribution in [3.8, 4) is 0 Å². The monoisotopic (exact) mass is 475 g/mol. The summed E-state index contributed by atoms with van der Waals surface area (Å²) >= 11 is 0. The number of rotatable bonds is 3. The van der Waals surface area contributed by atoms with E-state index in [4.69, 9.17) is 4.74 Å². The molecule has 1 aromatic rings. The molecule has 9 heteroatoms. The topological polar surface area (TPSA) is 106 Å². The van der Waals surface area contributed by atoms with Gasteiger partial charge in [-0.1, -0.05) is 26.7 Å². The van der Waals surface area contributed by atoms with Gasteiger partial charge in [-0.15, -0.1) is 0 Å². The number of amides is 3. The largest absolute Gasteiger partial charge is 0.381 e. The van der Waals surface area contributed by atoms with Gasteiger partial charge in [0.25, 0.3) is 5.91 Å². The molecule has 0 unspecified atom stereocenters. The van der Waals surface area contributed by atoms with Gasteiger partial charge in [-0.2, -0.15) is 5.10 Å². The third-order valence-electron chi connectivity index (χ3n) is 7.56. The average molecular weight is 476 g/mol. The summed E-state index contributed by atoms with van der Waals surface area (Å²) in [7, 11) is 1.82. The first-order valence-electron chi connectivity index (χ1n) is 12.7. The predicted octanol–water partition coefficient (Wildman–Crippen LogP) is 2.19.